The summed E-state index contributed by atoms with van der Waals surface area (Å²) >= 11 is 1.32. The summed E-state index contributed by atoms with van der Waals surface area (Å²) < 4.78 is 4.89. The fraction of sp³-hybridized carbons (Fsp3) is 0.0833. The third-order valence-corrected chi connectivity index (χ3v) is 2.90. The number of pyridine rings is 1. The molecule has 0 saturated heterocycles. The maximum atomic E-state index is 11.5. The number of nitrogens with zero attached hydrogens (tertiary/aromatic N) is 2. The van der Waals surface area contributed by atoms with Crippen LogP contribution in [-0.2, 0) is 4.74 Å². The highest BCUT2D eigenvalue weighted by atomic mass is 32.1. The third-order valence-electron chi connectivity index (χ3n) is 2.04. The van der Waals surface area contributed by atoms with Crippen LogP contribution >= 0.6 is 11.3 Å². The van der Waals surface area contributed by atoms with Gasteiger partial charge in [-0.25, -0.2) is 14.8 Å². The van der Waals surface area contributed by atoms with Gasteiger partial charge < -0.3 is 10.5 Å². The van der Waals surface area contributed by atoms with E-state index in [1.165, 1.54) is 17.4 Å². The van der Waals surface area contributed by atoms with E-state index in [4.69, 9.17) is 10.5 Å². The smallest absolute Gasteiger partial charge is 0.358 e. The monoisotopic (exact) mass is 261 g/mol. The first-order valence-electron chi connectivity index (χ1n) is 5.17. The van der Waals surface area contributed by atoms with E-state index in [1.807, 2.05) is 0 Å². The molecule has 0 atom stereocenters. The molecule has 0 aliphatic carbocycles. The van der Waals surface area contributed by atoms with Crippen molar-refractivity contribution in [1.82, 2.24) is 9.97 Å². The molecule has 2 heterocycles. The molecule has 0 aliphatic rings. The van der Waals surface area contributed by atoms with Gasteiger partial charge in [-0.3, -0.25) is 0 Å². The maximum absolute atomic E-state index is 11.5. The van der Waals surface area contributed by atoms with Crippen molar-refractivity contribution in [3.05, 3.63) is 41.9 Å². The minimum absolute atomic E-state index is 0.169. The van der Waals surface area contributed by atoms with Crippen LogP contribution in [0.3, 0.4) is 0 Å². The van der Waals surface area contributed by atoms with Crippen molar-refractivity contribution >= 4 is 23.1 Å². The molecular formula is C12H11N3O2S. The molecule has 2 aromatic heterocycles. The minimum atomic E-state index is -0.471. The first-order chi connectivity index (χ1) is 8.70. The van der Waals surface area contributed by atoms with Crippen molar-refractivity contribution in [3.63, 3.8) is 0 Å². The molecule has 2 N–H and O–H groups in total. The molecule has 0 unspecified atom stereocenters. The summed E-state index contributed by atoms with van der Waals surface area (Å²) in [5, 5.41) is 2.26. The van der Waals surface area contributed by atoms with E-state index in [0.717, 1.165) is 0 Å². The maximum Gasteiger partial charge on any atom is 0.358 e. The van der Waals surface area contributed by atoms with Gasteiger partial charge in [0.25, 0.3) is 0 Å². The van der Waals surface area contributed by atoms with Crippen molar-refractivity contribution in [1.29, 1.82) is 0 Å². The number of ether oxygens (including phenoxy) is 1. The van der Waals surface area contributed by atoms with Gasteiger partial charge in [-0.15, -0.1) is 11.3 Å². The quantitative estimate of drug-likeness (QED) is 0.673. The van der Waals surface area contributed by atoms with E-state index < -0.39 is 5.97 Å². The second kappa shape index (κ2) is 5.42. The molecule has 0 saturated carbocycles. The number of anilines is 1. The van der Waals surface area contributed by atoms with Gasteiger partial charge in [0.2, 0.25) is 0 Å². The van der Waals surface area contributed by atoms with Crippen LogP contribution in [0.15, 0.2) is 36.2 Å². The van der Waals surface area contributed by atoms with Crippen molar-refractivity contribution in [3.8, 4) is 10.7 Å². The summed E-state index contributed by atoms with van der Waals surface area (Å²) in [6.45, 7) is 3.64. The molecule has 0 aromatic carbocycles. The molecule has 92 valence electrons. The predicted molar refractivity (Wildman–Crippen MR) is 70.2 cm³/mol. The van der Waals surface area contributed by atoms with Crippen molar-refractivity contribution in [2.24, 2.45) is 0 Å². The highest BCUT2D eigenvalue weighted by molar-refractivity contribution is 7.13. The van der Waals surface area contributed by atoms with Gasteiger partial charge in [0.1, 0.15) is 23.1 Å². The Morgan fingerprint density at radius 3 is 3.06 bits per heavy atom. The van der Waals surface area contributed by atoms with Crippen molar-refractivity contribution < 1.29 is 9.53 Å². The number of thiazole rings is 1. The zero-order valence-electron chi connectivity index (χ0n) is 9.50. The summed E-state index contributed by atoms with van der Waals surface area (Å²) in [5.74, 6) is -0.0558. The Bertz CT molecular complexity index is 580. The lowest BCUT2D eigenvalue weighted by Gasteiger charge is -1.98. The molecule has 2 rings (SSSR count). The Hall–Kier alpha value is -2.21. The number of carbonyl (C=O) groups excluding carboxylic acids is 1. The molecule has 0 spiro atoms. The Morgan fingerprint density at radius 1 is 1.50 bits per heavy atom. The van der Waals surface area contributed by atoms with Gasteiger partial charge >= 0.3 is 5.97 Å². The van der Waals surface area contributed by atoms with E-state index in [9.17, 15) is 4.79 Å². The molecule has 18 heavy (non-hydrogen) atoms. The first-order valence-corrected chi connectivity index (χ1v) is 6.05. The Kier molecular flexibility index (Phi) is 3.69. The summed E-state index contributed by atoms with van der Waals surface area (Å²) in [4.78, 5) is 19.8. The number of hydrogen-bond donors (Lipinski definition) is 1. The Balaban J connectivity index is 2.20. The molecule has 5 nitrogen and oxygen atoms in total. The van der Waals surface area contributed by atoms with Crippen LogP contribution in [0, 0.1) is 0 Å². The van der Waals surface area contributed by atoms with Gasteiger partial charge in [-0.2, -0.15) is 0 Å². The van der Waals surface area contributed by atoms with E-state index in [2.05, 4.69) is 16.5 Å². The lowest BCUT2D eigenvalue weighted by atomic mass is 10.3. The molecule has 0 aliphatic heterocycles. The predicted octanol–water partition coefficient (Wildman–Crippen LogP) is 2.13. The molecule has 2 aromatic rings. The molecule has 0 bridgehead atoms. The first kappa shape index (κ1) is 12.3. The lowest BCUT2D eigenvalue weighted by Crippen LogP contribution is -2.05. The molecule has 0 fully saturated rings. The SMILES string of the molecule is C=CCOC(=O)c1csc(-c2cccc(N)n2)n1. The number of carbonyl (C=O) groups is 1. The second-order valence-corrected chi connectivity index (χ2v) is 4.23. The summed E-state index contributed by atoms with van der Waals surface area (Å²) in [7, 11) is 0. The highest BCUT2D eigenvalue weighted by Crippen LogP contribution is 2.22. The zero-order chi connectivity index (χ0) is 13.0. The van der Waals surface area contributed by atoms with Gasteiger partial charge in [0, 0.05) is 5.38 Å². The summed E-state index contributed by atoms with van der Waals surface area (Å²) in [5.41, 5.74) is 6.50. The van der Waals surface area contributed by atoms with Crippen LogP contribution < -0.4 is 5.73 Å². The van der Waals surface area contributed by atoms with Crippen LogP contribution in [-0.4, -0.2) is 22.5 Å². The largest absolute Gasteiger partial charge is 0.457 e. The Labute approximate surface area is 108 Å². The van der Waals surface area contributed by atoms with E-state index in [-0.39, 0.29) is 12.3 Å². The van der Waals surface area contributed by atoms with Crippen molar-refractivity contribution in [2.75, 3.05) is 12.3 Å². The van der Waals surface area contributed by atoms with E-state index in [1.54, 1.807) is 23.6 Å². The number of nitrogen functional groups attached to an aromatic ring is 1. The number of nitrogens with two attached hydrogens (primary N) is 1. The Morgan fingerprint density at radius 2 is 2.33 bits per heavy atom. The lowest BCUT2D eigenvalue weighted by molar-refractivity contribution is 0.0544. The molecule has 0 amide bonds. The van der Waals surface area contributed by atoms with Gasteiger partial charge in [-0.1, -0.05) is 18.7 Å². The third kappa shape index (κ3) is 2.72. The normalized spacial score (nSPS) is 10.0. The van der Waals surface area contributed by atoms with E-state index >= 15 is 0 Å². The van der Waals surface area contributed by atoms with Gasteiger partial charge in [-0.05, 0) is 12.1 Å². The van der Waals surface area contributed by atoms with Crippen LogP contribution in [0.25, 0.3) is 10.7 Å². The standard InChI is InChI=1S/C12H11N3O2S/c1-2-6-17-12(16)9-7-18-11(15-9)8-4-3-5-10(13)14-8/h2-5,7H,1,6H2,(H2,13,14). The zero-order valence-corrected chi connectivity index (χ0v) is 10.3. The number of hydrogen-bond acceptors (Lipinski definition) is 6. The number of esters is 1. The van der Waals surface area contributed by atoms with E-state index in [0.29, 0.717) is 16.5 Å². The minimum Gasteiger partial charge on any atom is -0.457 e. The van der Waals surface area contributed by atoms with Crippen LogP contribution in [0.5, 0.6) is 0 Å². The molecule has 6 heteroatoms. The topological polar surface area (TPSA) is 78.1 Å². The number of aromatic nitrogens is 2. The molecular weight excluding hydrogens is 250 g/mol. The van der Waals surface area contributed by atoms with Gasteiger partial charge in [0.15, 0.2) is 5.69 Å². The van der Waals surface area contributed by atoms with Crippen molar-refractivity contribution in [2.45, 2.75) is 0 Å². The summed E-state index contributed by atoms with van der Waals surface area (Å²) in [6.07, 6.45) is 1.50. The second-order valence-electron chi connectivity index (χ2n) is 3.37. The molecule has 0 radical (unpaired) electrons. The van der Waals surface area contributed by atoms with Crippen LogP contribution in [0.1, 0.15) is 10.5 Å². The average Bonchev–Trinajstić information content (AvgIpc) is 2.85. The fourth-order valence-corrected chi connectivity index (χ4v) is 2.02. The van der Waals surface area contributed by atoms with Gasteiger partial charge in [0.05, 0.1) is 0 Å². The average molecular weight is 261 g/mol. The van der Waals surface area contributed by atoms with Crippen LogP contribution in [0.4, 0.5) is 5.82 Å². The highest BCUT2D eigenvalue weighted by Gasteiger charge is 2.13. The number of rotatable bonds is 4. The van der Waals surface area contributed by atoms with Crippen LogP contribution in [0.2, 0.25) is 0 Å². The summed E-state index contributed by atoms with van der Waals surface area (Å²) in [6, 6.07) is 5.26. The fourth-order valence-electron chi connectivity index (χ4n) is 1.26.